The summed E-state index contributed by atoms with van der Waals surface area (Å²) in [5.41, 5.74) is 0.616. The van der Waals surface area contributed by atoms with Gasteiger partial charge in [-0.3, -0.25) is 0 Å². The third kappa shape index (κ3) is 6.16. The summed E-state index contributed by atoms with van der Waals surface area (Å²) in [4.78, 5) is 50.0. The molecule has 1 heterocycles. The second-order valence-corrected chi connectivity index (χ2v) is 8.43. The van der Waals surface area contributed by atoms with Gasteiger partial charge >= 0.3 is 24.1 Å². The molecule has 0 spiro atoms. The van der Waals surface area contributed by atoms with Gasteiger partial charge in [-0.2, -0.15) is 0 Å². The monoisotopic (exact) mass is 520 g/mol. The summed E-state index contributed by atoms with van der Waals surface area (Å²) in [6, 6.07) is 24.1. The van der Waals surface area contributed by atoms with Gasteiger partial charge in [0.05, 0.1) is 16.7 Å². The zero-order valence-corrected chi connectivity index (χ0v) is 20.2. The van der Waals surface area contributed by atoms with Crippen LogP contribution in [0.2, 0.25) is 0 Å². The van der Waals surface area contributed by atoms with Crippen LogP contribution in [0.4, 0.5) is 4.79 Å². The number of benzene rings is 3. The normalized spacial score (nSPS) is 22.2. The predicted octanol–water partition coefficient (Wildman–Crippen LogP) is 4.10. The maximum absolute atomic E-state index is 13.0. The highest BCUT2D eigenvalue weighted by atomic mass is 16.8. The molecule has 1 aliphatic heterocycles. The number of rotatable bonds is 8. The van der Waals surface area contributed by atoms with Crippen LogP contribution in [-0.4, -0.2) is 59.9 Å². The van der Waals surface area contributed by atoms with Crippen molar-refractivity contribution in [3.63, 3.8) is 0 Å². The molecule has 3 aromatic rings. The van der Waals surface area contributed by atoms with E-state index >= 15 is 0 Å². The maximum Gasteiger partial charge on any atom is 0.508 e. The zero-order valence-electron chi connectivity index (χ0n) is 20.2. The summed E-state index contributed by atoms with van der Waals surface area (Å²) in [5, 5.41) is 9.37. The molecule has 0 aromatic heterocycles. The van der Waals surface area contributed by atoms with E-state index < -0.39 is 54.8 Å². The minimum atomic E-state index is -2.10. The van der Waals surface area contributed by atoms with Gasteiger partial charge in [0.2, 0.25) is 6.10 Å². The van der Waals surface area contributed by atoms with Crippen LogP contribution in [0.25, 0.3) is 0 Å². The van der Waals surface area contributed by atoms with Gasteiger partial charge < -0.3 is 28.8 Å². The Bertz CT molecular complexity index is 1280. The van der Waals surface area contributed by atoms with Gasteiger partial charge in [-0.05, 0) is 36.4 Å². The van der Waals surface area contributed by atoms with Gasteiger partial charge in [0.1, 0.15) is 12.7 Å². The van der Waals surface area contributed by atoms with E-state index in [1.807, 2.05) is 0 Å². The van der Waals surface area contributed by atoms with Crippen molar-refractivity contribution in [1.82, 2.24) is 0 Å². The molecule has 1 unspecified atom stereocenters. The van der Waals surface area contributed by atoms with Crippen molar-refractivity contribution >= 4 is 24.1 Å². The van der Waals surface area contributed by atoms with Gasteiger partial charge in [0, 0.05) is 6.92 Å². The molecule has 10 nitrogen and oxygen atoms in total. The third-order valence-electron chi connectivity index (χ3n) is 5.74. The van der Waals surface area contributed by atoms with E-state index in [0.717, 1.165) is 0 Å². The lowest BCUT2D eigenvalue weighted by atomic mass is 10.1. The van der Waals surface area contributed by atoms with Crippen LogP contribution < -0.4 is 0 Å². The number of esters is 3. The minimum Gasteiger partial charge on any atom is -0.459 e. The summed E-state index contributed by atoms with van der Waals surface area (Å²) in [6.07, 6.45) is -5.90. The Morgan fingerprint density at radius 3 is 1.66 bits per heavy atom. The molecule has 0 radical (unpaired) electrons. The molecule has 1 fully saturated rings. The van der Waals surface area contributed by atoms with Crippen LogP contribution in [0.1, 0.15) is 38.0 Å². The van der Waals surface area contributed by atoms with Crippen LogP contribution in [0.3, 0.4) is 0 Å². The standard InChI is InChI=1S/C28H24O10/c1-28(38-27(32)33)23(36-26(31)20-15-9-4-10-16-20)22(35-25(30)19-13-7-3-8-14-19)21(37-28)17-34-24(29)18-11-5-2-6-12-18/h2-16,21-23H,17H2,1H3,(H,32,33)/t21-,22-,23-,28?/m1/s1. The number of hydrogen-bond acceptors (Lipinski definition) is 9. The smallest absolute Gasteiger partial charge is 0.459 e. The zero-order chi connectivity index (χ0) is 27.1. The van der Waals surface area contributed by atoms with Crippen LogP contribution in [-0.2, 0) is 23.7 Å². The van der Waals surface area contributed by atoms with Gasteiger partial charge in [-0.1, -0.05) is 54.6 Å². The molecular formula is C28H24O10. The largest absolute Gasteiger partial charge is 0.508 e. The fourth-order valence-corrected chi connectivity index (χ4v) is 3.96. The molecule has 4 atom stereocenters. The van der Waals surface area contributed by atoms with E-state index in [4.69, 9.17) is 23.7 Å². The maximum atomic E-state index is 13.0. The molecule has 1 aliphatic rings. The molecule has 0 amide bonds. The first-order valence-corrected chi connectivity index (χ1v) is 11.6. The second-order valence-electron chi connectivity index (χ2n) is 8.43. The van der Waals surface area contributed by atoms with Gasteiger partial charge in [0.15, 0.2) is 6.10 Å². The van der Waals surface area contributed by atoms with Crippen molar-refractivity contribution in [2.75, 3.05) is 6.61 Å². The van der Waals surface area contributed by atoms with Crippen molar-refractivity contribution < 1.29 is 48.0 Å². The highest BCUT2D eigenvalue weighted by Crippen LogP contribution is 2.37. The van der Waals surface area contributed by atoms with Crippen LogP contribution in [0.5, 0.6) is 0 Å². The Morgan fingerprint density at radius 1 is 0.737 bits per heavy atom. The Kier molecular flexibility index (Phi) is 8.03. The van der Waals surface area contributed by atoms with E-state index in [1.165, 1.54) is 31.2 Å². The molecule has 1 N–H and O–H groups in total. The summed E-state index contributed by atoms with van der Waals surface area (Å²) < 4.78 is 27.4. The van der Waals surface area contributed by atoms with E-state index in [9.17, 15) is 24.3 Å². The molecule has 3 aromatic carbocycles. The summed E-state index contributed by atoms with van der Waals surface area (Å²) >= 11 is 0. The predicted molar refractivity (Wildman–Crippen MR) is 130 cm³/mol. The Balaban J connectivity index is 1.63. The van der Waals surface area contributed by atoms with Crippen molar-refractivity contribution in [2.45, 2.75) is 31.0 Å². The van der Waals surface area contributed by atoms with E-state index in [-0.39, 0.29) is 16.7 Å². The first-order valence-electron chi connectivity index (χ1n) is 11.6. The average molecular weight is 520 g/mol. The Labute approximate surface area is 217 Å². The lowest BCUT2D eigenvalue weighted by Crippen LogP contribution is -2.48. The summed E-state index contributed by atoms with van der Waals surface area (Å²) in [5.74, 6) is -4.41. The molecule has 1 saturated heterocycles. The molecule has 10 heteroatoms. The third-order valence-corrected chi connectivity index (χ3v) is 5.74. The van der Waals surface area contributed by atoms with Crippen molar-refractivity contribution in [3.8, 4) is 0 Å². The van der Waals surface area contributed by atoms with Crippen LogP contribution >= 0.6 is 0 Å². The highest BCUT2D eigenvalue weighted by Gasteiger charge is 2.60. The fourth-order valence-electron chi connectivity index (χ4n) is 3.96. The number of hydrogen-bond donors (Lipinski definition) is 1. The van der Waals surface area contributed by atoms with Crippen LogP contribution in [0, 0.1) is 0 Å². The lowest BCUT2D eigenvalue weighted by Gasteiger charge is -2.29. The summed E-state index contributed by atoms with van der Waals surface area (Å²) in [6.45, 7) is 0.769. The quantitative estimate of drug-likeness (QED) is 0.342. The Hall–Kier alpha value is -4.70. The first-order chi connectivity index (χ1) is 18.3. The van der Waals surface area contributed by atoms with E-state index in [2.05, 4.69) is 0 Å². The highest BCUT2D eigenvalue weighted by molar-refractivity contribution is 5.91. The second kappa shape index (κ2) is 11.6. The van der Waals surface area contributed by atoms with Crippen molar-refractivity contribution in [1.29, 1.82) is 0 Å². The molecule has 4 rings (SSSR count). The number of carbonyl (C=O) groups is 4. The number of carboxylic acid groups (broad SMARTS) is 1. The molecule has 196 valence electrons. The van der Waals surface area contributed by atoms with Crippen LogP contribution in [0.15, 0.2) is 91.0 Å². The first kappa shape index (κ1) is 26.4. The SMILES string of the molecule is CC1(OC(=O)O)O[C@H](COC(=O)c2ccccc2)[C@@H](OC(=O)c2ccccc2)[C@H]1OC(=O)c1ccccc1. The van der Waals surface area contributed by atoms with E-state index in [0.29, 0.717) is 0 Å². The minimum absolute atomic E-state index is 0.164. The molecule has 0 saturated carbocycles. The van der Waals surface area contributed by atoms with Crippen molar-refractivity contribution in [3.05, 3.63) is 108 Å². The summed E-state index contributed by atoms with van der Waals surface area (Å²) in [7, 11) is 0. The number of ether oxygens (including phenoxy) is 5. The lowest BCUT2D eigenvalue weighted by molar-refractivity contribution is -0.223. The van der Waals surface area contributed by atoms with E-state index in [1.54, 1.807) is 66.7 Å². The molecular weight excluding hydrogens is 496 g/mol. The molecule has 38 heavy (non-hydrogen) atoms. The molecule has 0 aliphatic carbocycles. The van der Waals surface area contributed by atoms with Gasteiger partial charge in [0.25, 0.3) is 5.79 Å². The van der Waals surface area contributed by atoms with Gasteiger partial charge in [-0.15, -0.1) is 0 Å². The van der Waals surface area contributed by atoms with Gasteiger partial charge in [-0.25, -0.2) is 19.2 Å². The molecule has 0 bridgehead atoms. The number of carbonyl (C=O) groups excluding carboxylic acids is 3. The fraction of sp³-hybridized carbons (Fsp3) is 0.214. The Morgan fingerprint density at radius 2 is 1.18 bits per heavy atom. The van der Waals surface area contributed by atoms with Crippen molar-refractivity contribution in [2.24, 2.45) is 0 Å². The average Bonchev–Trinajstić information content (AvgIpc) is 3.17. The topological polar surface area (TPSA) is 135 Å².